The minimum absolute atomic E-state index is 0.0136. The van der Waals surface area contributed by atoms with Crippen molar-refractivity contribution in [2.75, 3.05) is 11.9 Å². The van der Waals surface area contributed by atoms with Gasteiger partial charge in [-0.25, -0.2) is 18.7 Å². The topological polar surface area (TPSA) is 107 Å². The first kappa shape index (κ1) is 25.0. The van der Waals surface area contributed by atoms with Crippen molar-refractivity contribution in [2.24, 2.45) is 5.92 Å². The summed E-state index contributed by atoms with van der Waals surface area (Å²) in [4.78, 5) is 36.8. The molecule has 2 aliphatic carbocycles. The lowest BCUT2D eigenvalue weighted by molar-refractivity contribution is 0.0117. The molecule has 2 amide bonds. The van der Waals surface area contributed by atoms with Gasteiger partial charge in [0.1, 0.15) is 11.5 Å². The number of amides is 2. The van der Waals surface area contributed by atoms with Crippen molar-refractivity contribution < 1.29 is 23.5 Å². The van der Waals surface area contributed by atoms with Crippen molar-refractivity contribution in [3.05, 3.63) is 28.5 Å². The minimum atomic E-state index is -2.96. The molecule has 0 bridgehead atoms. The van der Waals surface area contributed by atoms with E-state index >= 15 is 0 Å². The van der Waals surface area contributed by atoms with E-state index in [4.69, 9.17) is 0 Å². The molecule has 11 heteroatoms. The predicted octanol–water partition coefficient (Wildman–Crippen LogP) is 3.85. The van der Waals surface area contributed by atoms with Gasteiger partial charge in [-0.05, 0) is 64.0 Å². The van der Waals surface area contributed by atoms with E-state index in [1.807, 2.05) is 13.0 Å². The summed E-state index contributed by atoms with van der Waals surface area (Å²) >= 11 is 1.05. The summed E-state index contributed by atoms with van der Waals surface area (Å²) in [5, 5.41) is 15.8. The number of nitrogens with one attached hydrogen (secondary N) is 2. The molecule has 2 aromatic heterocycles. The van der Waals surface area contributed by atoms with E-state index in [9.17, 15) is 23.5 Å². The number of alkyl halides is 2. The van der Waals surface area contributed by atoms with Crippen LogP contribution in [0.3, 0.4) is 0 Å². The summed E-state index contributed by atoms with van der Waals surface area (Å²) in [6.07, 6.45) is 4.15. The maximum Gasteiger partial charge on any atom is 0.280 e. The summed E-state index contributed by atoms with van der Waals surface area (Å²) < 4.78 is 28.1. The number of carbonyl (C=O) groups is 2. The van der Waals surface area contributed by atoms with Crippen molar-refractivity contribution in [1.29, 1.82) is 0 Å². The summed E-state index contributed by atoms with van der Waals surface area (Å²) in [7, 11) is 0. The molecule has 194 valence electrons. The number of likely N-dealkylation sites (tertiary alicyclic amines) is 1. The highest BCUT2D eigenvalue weighted by Crippen LogP contribution is 2.38. The average Bonchev–Trinajstić information content (AvgIpc) is 3.48. The molecule has 0 spiro atoms. The van der Waals surface area contributed by atoms with Gasteiger partial charge in [0.2, 0.25) is 0 Å². The molecule has 2 aromatic rings. The van der Waals surface area contributed by atoms with E-state index in [-0.39, 0.29) is 16.7 Å². The normalized spacial score (nSPS) is 25.8. The van der Waals surface area contributed by atoms with Crippen LogP contribution in [-0.4, -0.2) is 68.5 Å². The van der Waals surface area contributed by atoms with Crippen LogP contribution in [0.4, 0.5) is 14.6 Å². The van der Waals surface area contributed by atoms with E-state index in [1.54, 1.807) is 13.1 Å². The van der Waals surface area contributed by atoms with E-state index in [2.05, 4.69) is 27.5 Å². The van der Waals surface area contributed by atoms with Crippen LogP contribution in [0.1, 0.15) is 71.8 Å². The fraction of sp³-hybridized carbons (Fsp3) is 0.600. The number of aromatic nitrogens is 2. The Hall–Kier alpha value is -2.66. The Morgan fingerprint density at radius 1 is 1.31 bits per heavy atom. The first-order chi connectivity index (χ1) is 17.0. The molecule has 0 radical (unpaired) electrons. The molecular weight excluding hydrogens is 488 g/mol. The number of anilines is 1. The number of aliphatic hydroxyl groups is 1. The average molecular weight is 520 g/mol. The Balaban J connectivity index is 1.46. The van der Waals surface area contributed by atoms with Crippen molar-refractivity contribution in [3.63, 3.8) is 0 Å². The quantitative estimate of drug-likeness (QED) is 0.513. The molecule has 8 nitrogen and oxygen atoms in total. The zero-order valence-electron chi connectivity index (χ0n) is 20.6. The fourth-order valence-corrected chi connectivity index (χ4v) is 5.97. The van der Waals surface area contributed by atoms with Crippen LogP contribution in [-0.2, 0) is 0 Å². The minimum Gasteiger partial charge on any atom is -0.393 e. The molecule has 1 saturated heterocycles. The van der Waals surface area contributed by atoms with E-state index < -0.39 is 42.8 Å². The largest absolute Gasteiger partial charge is 0.393 e. The van der Waals surface area contributed by atoms with Gasteiger partial charge in [0.25, 0.3) is 17.7 Å². The fourth-order valence-electron chi connectivity index (χ4n) is 4.94. The lowest BCUT2D eigenvalue weighted by Crippen LogP contribution is -2.46. The van der Waals surface area contributed by atoms with Gasteiger partial charge in [-0.3, -0.25) is 9.59 Å². The zero-order valence-corrected chi connectivity index (χ0v) is 21.4. The third-order valence-corrected chi connectivity index (χ3v) is 8.41. The van der Waals surface area contributed by atoms with Crippen molar-refractivity contribution in [3.8, 4) is 10.4 Å². The standard InChI is InChI=1S/C25H31F2N5O3S/c1-12-6-19(29-14(3)15-4-5-15)28-10-18(12)21-20(24(35)32-11-25(26,27)9-13(32)2)31-23(36-21)22(34)30-16-7-17(33)8-16/h6,10,13-17,33H,4-5,7-9,11H2,1-3H3,(H,28,29)(H,30,34)/t13-,14+,16-,17-/m0/s1. The second-order valence-electron chi connectivity index (χ2n) is 10.5. The molecule has 3 aliphatic rings. The number of nitrogens with zero attached hydrogens (tertiary/aromatic N) is 3. The van der Waals surface area contributed by atoms with E-state index in [0.717, 1.165) is 27.6 Å². The third-order valence-electron chi connectivity index (χ3n) is 7.32. The molecule has 5 rings (SSSR count). The predicted molar refractivity (Wildman–Crippen MR) is 132 cm³/mol. The van der Waals surface area contributed by atoms with Gasteiger partial charge in [-0.2, -0.15) is 0 Å². The molecule has 0 aromatic carbocycles. The molecule has 3 heterocycles. The van der Waals surface area contributed by atoms with Crippen LogP contribution in [0.2, 0.25) is 0 Å². The first-order valence-electron chi connectivity index (χ1n) is 12.4. The van der Waals surface area contributed by atoms with E-state index in [1.165, 1.54) is 12.8 Å². The Kier molecular flexibility index (Phi) is 6.48. The second-order valence-corrected chi connectivity index (χ2v) is 11.5. The molecule has 1 aliphatic heterocycles. The maximum absolute atomic E-state index is 14.1. The van der Waals surface area contributed by atoms with Crippen molar-refractivity contribution in [2.45, 2.75) is 83.0 Å². The smallest absolute Gasteiger partial charge is 0.280 e. The van der Waals surface area contributed by atoms with Crippen LogP contribution in [0.5, 0.6) is 0 Å². The zero-order chi connectivity index (χ0) is 25.8. The van der Waals surface area contributed by atoms with Gasteiger partial charge < -0.3 is 20.6 Å². The highest BCUT2D eigenvalue weighted by atomic mass is 32.1. The number of halogens is 2. The Bertz CT molecular complexity index is 1180. The van der Waals surface area contributed by atoms with Crippen LogP contribution in [0.25, 0.3) is 10.4 Å². The van der Waals surface area contributed by atoms with Crippen LogP contribution in [0.15, 0.2) is 12.3 Å². The van der Waals surface area contributed by atoms with Crippen molar-refractivity contribution in [1.82, 2.24) is 20.2 Å². The molecule has 2 saturated carbocycles. The highest BCUT2D eigenvalue weighted by Gasteiger charge is 2.46. The molecule has 2 atom stereocenters. The Morgan fingerprint density at radius 3 is 2.61 bits per heavy atom. The van der Waals surface area contributed by atoms with Gasteiger partial charge in [0.05, 0.1) is 17.5 Å². The Morgan fingerprint density at radius 2 is 2.03 bits per heavy atom. The molecule has 3 fully saturated rings. The number of hydrogen-bond donors (Lipinski definition) is 3. The number of hydrogen-bond acceptors (Lipinski definition) is 7. The summed E-state index contributed by atoms with van der Waals surface area (Å²) in [6, 6.07) is 1.40. The summed E-state index contributed by atoms with van der Waals surface area (Å²) in [6.45, 7) is 4.93. The lowest BCUT2D eigenvalue weighted by Gasteiger charge is -2.31. The number of aliphatic hydroxyl groups excluding tert-OH is 1. The van der Waals surface area contributed by atoms with Gasteiger partial charge in [0, 0.05) is 36.3 Å². The Labute approximate surface area is 212 Å². The molecular formula is C25H31F2N5O3S. The number of aryl methyl sites for hydroxylation is 1. The molecule has 3 N–H and O–H groups in total. The first-order valence-corrected chi connectivity index (χ1v) is 13.2. The monoisotopic (exact) mass is 519 g/mol. The molecule has 36 heavy (non-hydrogen) atoms. The highest BCUT2D eigenvalue weighted by molar-refractivity contribution is 7.17. The SMILES string of the molecule is Cc1cc(N[C@H](C)C2CC2)ncc1-c1sc(C(=O)N[C@H]2C[C@H](O)C2)nc1C(=O)N1CC(F)(F)C[C@@H]1C. The number of thiazole rings is 1. The number of pyridine rings is 1. The third kappa shape index (κ3) is 5.08. The lowest BCUT2D eigenvalue weighted by atomic mass is 9.89. The van der Waals surface area contributed by atoms with Crippen molar-refractivity contribution >= 4 is 29.0 Å². The van der Waals surface area contributed by atoms with Crippen LogP contribution in [0, 0.1) is 12.8 Å². The summed E-state index contributed by atoms with van der Waals surface area (Å²) in [5.74, 6) is -2.65. The van der Waals surface area contributed by atoms with Gasteiger partial charge in [-0.15, -0.1) is 11.3 Å². The summed E-state index contributed by atoms with van der Waals surface area (Å²) in [5.41, 5.74) is 1.46. The maximum atomic E-state index is 14.1. The van der Waals surface area contributed by atoms with Gasteiger partial charge in [0.15, 0.2) is 5.01 Å². The number of rotatable bonds is 7. The number of carbonyl (C=O) groups excluding carboxylic acids is 2. The van der Waals surface area contributed by atoms with Gasteiger partial charge in [-0.1, -0.05) is 0 Å². The van der Waals surface area contributed by atoms with Gasteiger partial charge >= 0.3 is 0 Å². The van der Waals surface area contributed by atoms with Crippen LogP contribution >= 0.6 is 11.3 Å². The second kappa shape index (κ2) is 9.33. The van der Waals surface area contributed by atoms with E-state index in [0.29, 0.717) is 35.2 Å². The van der Waals surface area contributed by atoms with Crippen LogP contribution < -0.4 is 10.6 Å². The molecule has 0 unspecified atom stereocenters.